The number of nitrogens with one attached hydrogen (secondary N) is 1. The third kappa shape index (κ3) is 6.39. The summed E-state index contributed by atoms with van der Waals surface area (Å²) in [4.78, 5) is 27.1. The number of hydrogen-bond donors (Lipinski definition) is 1. The third-order valence-electron chi connectivity index (χ3n) is 6.01. The molecule has 0 spiro atoms. The summed E-state index contributed by atoms with van der Waals surface area (Å²) in [5.74, 6) is 0.519. The van der Waals surface area contributed by atoms with Crippen molar-refractivity contribution in [1.29, 1.82) is 0 Å². The summed E-state index contributed by atoms with van der Waals surface area (Å²) in [6, 6.07) is 25.2. The van der Waals surface area contributed by atoms with Gasteiger partial charge in [0.15, 0.2) is 18.1 Å². The van der Waals surface area contributed by atoms with E-state index in [4.69, 9.17) is 14.2 Å². The van der Waals surface area contributed by atoms with Gasteiger partial charge in [-0.25, -0.2) is 0 Å². The molecule has 0 unspecified atom stereocenters. The quantitative estimate of drug-likeness (QED) is 0.514. The Hall–Kier alpha value is -3.84. The lowest BCUT2D eigenvalue weighted by Gasteiger charge is -2.26. The lowest BCUT2D eigenvalue weighted by atomic mass is 9.91. The molecule has 0 atom stereocenters. The predicted octanol–water partition coefficient (Wildman–Crippen LogP) is 3.49. The van der Waals surface area contributed by atoms with Gasteiger partial charge in [-0.05, 0) is 29.3 Å². The standard InChI is InChI=1S/C28H30N2O5/c1-33-26-18-23(12-13-25(26)35-20-27(31)30-14-16-34-17-15-30)28(32)29-19-24(21-8-4-2-5-9-21)22-10-6-3-7-11-22/h2-13,18,24H,14-17,19-20H2,1H3,(H,29,32). The molecule has 2 amide bonds. The van der Waals surface area contributed by atoms with Crippen LogP contribution in [0.1, 0.15) is 27.4 Å². The van der Waals surface area contributed by atoms with Crippen molar-refractivity contribution < 1.29 is 23.8 Å². The van der Waals surface area contributed by atoms with Crippen LogP contribution < -0.4 is 14.8 Å². The Kier molecular flexibility index (Phi) is 8.35. The van der Waals surface area contributed by atoms with Gasteiger partial charge in [-0.3, -0.25) is 9.59 Å². The van der Waals surface area contributed by atoms with E-state index < -0.39 is 0 Å². The van der Waals surface area contributed by atoms with Gasteiger partial charge in [0.25, 0.3) is 11.8 Å². The smallest absolute Gasteiger partial charge is 0.260 e. The number of methoxy groups -OCH3 is 1. The van der Waals surface area contributed by atoms with Crippen LogP contribution in [0.5, 0.6) is 11.5 Å². The minimum absolute atomic E-state index is 0.0250. The number of nitrogens with zero attached hydrogens (tertiary/aromatic N) is 1. The first-order chi connectivity index (χ1) is 17.2. The number of hydrogen-bond acceptors (Lipinski definition) is 5. The van der Waals surface area contributed by atoms with Gasteiger partial charge in [0.1, 0.15) is 0 Å². The lowest BCUT2D eigenvalue weighted by Crippen LogP contribution is -2.43. The van der Waals surface area contributed by atoms with E-state index in [1.54, 1.807) is 23.1 Å². The highest BCUT2D eigenvalue weighted by atomic mass is 16.5. The molecule has 3 aromatic rings. The minimum Gasteiger partial charge on any atom is -0.493 e. The van der Waals surface area contributed by atoms with Crippen molar-refractivity contribution in [1.82, 2.24) is 10.2 Å². The Labute approximate surface area is 205 Å². The highest BCUT2D eigenvalue weighted by molar-refractivity contribution is 5.95. The van der Waals surface area contributed by atoms with E-state index in [0.29, 0.717) is 49.9 Å². The van der Waals surface area contributed by atoms with Gasteiger partial charge in [-0.15, -0.1) is 0 Å². The number of carbonyl (C=O) groups is 2. The van der Waals surface area contributed by atoms with Crippen molar-refractivity contribution in [2.75, 3.05) is 46.6 Å². The first kappa shape index (κ1) is 24.3. The van der Waals surface area contributed by atoms with Crippen LogP contribution in [0.2, 0.25) is 0 Å². The van der Waals surface area contributed by atoms with Crippen LogP contribution in [0.3, 0.4) is 0 Å². The van der Waals surface area contributed by atoms with E-state index in [9.17, 15) is 9.59 Å². The van der Waals surface area contributed by atoms with Crippen LogP contribution in [0.15, 0.2) is 78.9 Å². The van der Waals surface area contributed by atoms with Crippen LogP contribution in [0, 0.1) is 0 Å². The Bertz CT molecular complexity index is 1080. The van der Waals surface area contributed by atoms with E-state index >= 15 is 0 Å². The van der Waals surface area contributed by atoms with Gasteiger partial charge >= 0.3 is 0 Å². The molecule has 1 aliphatic heterocycles. The largest absolute Gasteiger partial charge is 0.493 e. The molecule has 0 saturated carbocycles. The van der Waals surface area contributed by atoms with E-state index in [2.05, 4.69) is 29.6 Å². The van der Waals surface area contributed by atoms with Crippen LogP contribution in [0.4, 0.5) is 0 Å². The number of amides is 2. The monoisotopic (exact) mass is 474 g/mol. The Morgan fingerprint density at radius 1 is 0.914 bits per heavy atom. The molecule has 1 heterocycles. The number of rotatable bonds is 9. The molecule has 1 fully saturated rings. The molecule has 1 N–H and O–H groups in total. The van der Waals surface area contributed by atoms with Gasteiger partial charge in [0, 0.05) is 31.1 Å². The molecule has 0 bridgehead atoms. The summed E-state index contributed by atoms with van der Waals surface area (Å²) in [5.41, 5.74) is 2.71. The van der Waals surface area contributed by atoms with Gasteiger partial charge in [-0.2, -0.15) is 0 Å². The van der Waals surface area contributed by atoms with Crippen LogP contribution in [0.25, 0.3) is 0 Å². The summed E-state index contributed by atoms with van der Waals surface area (Å²) >= 11 is 0. The summed E-state index contributed by atoms with van der Waals surface area (Å²) in [6.07, 6.45) is 0. The number of morpholine rings is 1. The number of carbonyl (C=O) groups excluding carboxylic acids is 2. The van der Waals surface area contributed by atoms with Gasteiger partial charge < -0.3 is 24.4 Å². The highest BCUT2D eigenvalue weighted by Gasteiger charge is 2.19. The number of ether oxygens (including phenoxy) is 3. The summed E-state index contributed by atoms with van der Waals surface area (Å²) in [6.45, 7) is 2.54. The van der Waals surface area contributed by atoms with E-state index in [1.165, 1.54) is 7.11 Å². The maximum Gasteiger partial charge on any atom is 0.260 e. The van der Waals surface area contributed by atoms with E-state index in [1.807, 2.05) is 36.4 Å². The summed E-state index contributed by atoms with van der Waals surface area (Å²) < 4.78 is 16.4. The average Bonchev–Trinajstić information content (AvgIpc) is 2.93. The van der Waals surface area contributed by atoms with Crippen LogP contribution in [-0.2, 0) is 9.53 Å². The molecular formula is C28H30N2O5. The highest BCUT2D eigenvalue weighted by Crippen LogP contribution is 2.29. The fourth-order valence-corrected chi connectivity index (χ4v) is 4.07. The fourth-order valence-electron chi connectivity index (χ4n) is 4.07. The molecular weight excluding hydrogens is 444 g/mol. The van der Waals surface area contributed by atoms with Gasteiger partial charge in [0.2, 0.25) is 0 Å². The Morgan fingerprint density at radius 3 is 2.14 bits per heavy atom. The molecule has 1 aliphatic rings. The van der Waals surface area contributed by atoms with Crippen LogP contribution in [-0.4, -0.2) is 63.3 Å². The first-order valence-corrected chi connectivity index (χ1v) is 11.7. The van der Waals surface area contributed by atoms with E-state index in [-0.39, 0.29) is 24.3 Å². The zero-order chi connectivity index (χ0) is 24.5. The number of benzene rings is 3. The maximum absolute atomic E-state index is 13.0. The molecule has 35 heavy (non-hydrogen) atoms. The summed E-state index contributed by atoms with van der Waals surface area (Å²) in [5, 5.41) is 3.05. The van der Waals surface area contributed by atoms with Crippen molar-refractivity contribution in [3.05, 3.63) is 95.6 Å². The van der Waals surface area contributed by atoms with Crippen molar-refractivity contribution in [3.8, 4) is 11.5 Å². The lowest BCUT2D eigenvalue weighted by molar-refractivity contribution is -0.137. The average molecular weight is 475 g/mol. The van der Waals surface area contributed by atoms with Crippen molar-refractivity contribution in [2.24, 2.45) is 0 Å². The molecule has 4 rings (SSSR count). The second-order valence-electron chi connectivity index (χ2n) is 8.23. The fraction of sp³-hybridized carbons (Fsp3) is 0.286. The summed E-state index contributed by atoms with van der Waals surface area (Å²) in [7, 11) is 1.51. The Morgan fingerprint density at radius 2 is 1.54 bits per heavy atom. The second kappa shape index (κ2) is 12.0. The van der Waals surface area contributed by atoms with Gasteiger partial charge in [0.05, 0.1) is 20.3 Å². The molecule has 0 aliphatic carbocycles. The van der Waals surface area contributed by atoms with Crippen molar-refractivity contribution in [2.45, 2.75) is 5.92 Å². The molecule has 0 aromatic heterocycles. The molecule has 0 radical (unpaired) electrons. The van der Waals surface area contributed by atoms with Gasteiger partial charge in [-0.1, -0.05) is 60.7 Å². The topological polar surface area (TPSA) is 77.1 Å². The molecule has 7 heteroatoms. The third-order valence-corrected chi connectivity index (χ3v) is 6.01. The van der Waals surface area contributed by atoms with E-state index in [0.717, 1.165) is 11.1 Å². The van der Waals surface area contributed by atoms with Crippen molar-refractivity contribution in [3.63, 3.8) is 0 Å². The zero-order valence-corrected chi connectivity index (χ0v) is 19.8. The van der Waals surface area contributed by atoms with Crippen molar-refractivity contribution >= 4 is 11.8 Å². The normalized spacial score (nSPS) is 13.4. The Balaban J connectivity index is 1.41. The molecule has 7 nitrogen and oxygen atoms in total. The predicted molar refractivity (Wildman–Crippen MR) is 133 cm³/mol. The first-order valence-electron chi connectivity index (χ1n) is 11.7. The minimum atomic E-state index is -0.212. The molecule has 1 saturated heterocycles. The molecule has 182 valence electrons. The maximum atomic E-state index is 13.0. The van der Waals surface area contributed by atoms with Crippen LogP contribution >= 0.6 is 0 Å². The second-order valence-corrected chi connectivity index (χ2v) is 8.23. The SMILES string of the molecule is COc1cc(C(=O)NCC(c2ccccc2)c2ccccc2)ccc1OCC(=O)N1CCOCC1. The zero-order valence-electron chi connectivity index (χ0n) is 19.8. The molecule has 3 aromatic carbocycles.